The third-order valence-electron chi connectivity index (χ3n) is 2.01. The molecular weight excluding hydrogens is 172 g/mol. The van der Waals surface area contributed by atoms with Gasteiger partial charge < -0.3 is 4.74 Å². The molecule has 1 aromatic carbocycles. The fraction of sp³-hybridized carbons (Fsp3) is 0.385. The first-order chi connectivity index (χ1) is 6.55. The Morgan fingerprint density at radius 1 is 1.29 bits per heavy atom. The Hall–Kier alpha value is -1.42. The van der Waals surface area contributed by atoms with E-state index in [0.29, 0.717) is 6.61 Å². The Morgan fingerprint density at radius 3 is 2.50 bits per heavy atom. The molecule has 0 bridgehead atoms. The molecular formula is C13H16O. The van der Waals surface area contributed by atoms with Crippen molar-refractivity contribution in [1.29, 1.82) is 0 Å². The second-order valence-corrected chi connectivity index (χ2v) is 4.24. The third kappa shape index (κ3) is 2.53. The third-order valence-corrected chi connectivity index (χ3v) is 2.01. The average Bonchev–Trinajstić information content (AvgIpc) is 2.14. The van der Waals surface area contributed by atoms with E-state index in [2.05, 4.69) is 32.8 Å². The SMILES string of the molecule is C#CCOc1ccccc1C(C)(C)C. The smallest absolute Gasteiger partial charge is 0.148 e. The monoisotopic (exact) mass is 188 g/mol. The van der Waals surface area contributed by atoms with Crippen molar-refractivity contribution in [1.82, 2.24) is 0 Å². The van der Waals surface area contributed by atoms with Crippen LogP contribution >= 0.6 is 0 Å². The van der Waals surface area contributed by atoms with Crippen molar-refractivity contribution < 1.29 is 4.74 Å². The summed E-state index contributed by atoms with van der Waals surface area (Å²) in [4.78, 5) is 0. The van der Waals surface area contributed by atoms with Crippen LogP contribution in [0.2, 0.25) is 0 Å². The fourth-order valence-electron chi connectivity index (χ4n) is 1.33. The lowest BCUT2D eigenvalue weighted by Crippen LogP contribution is -2.13. The quantitative estimate of drug-likeness (QED) is 0.648. The topological polar surface area (TPSA) is 9.23 Å². The van der Waals surface area contributed by atoms with Crippen molar-refractivity contribution in [2.75, 3.05) is 6.61 Å². The van der Waals surface area contributed by atoms with Gasteiger partial charge in [0.15, 0.2) is 0 Å². The van der Waals surface area contributed by atoms with E-state index >= 15 is 0 Å². The number of rotatable bonds is 2. The number of hydrogen-bond donors (Lipinski definition) is 0. The van der Waals surface area contributed by atoms with Crippen LogP contribution in [0, 0.1) is 12.3 Å². The van der Waals surface area contributed by atoms with E-state index in [-0.39, 0.29) is 5.41 Å². The van der Waals surface area contributed by atoms with Crippen LogP contribution in [-0.2, 0) is 5.41 Å². The number of benzene rings is 1. The van der Waals surface area contributed by atoms with Crippen LogP contribution in [0.25, 0.3) is 0 Å². The highest BCUT2D eigenvalue weighted by atomic mass is 16.5. The van der Waals surface area contributed by atoms with Gasteiger partial charge in [-0.15, -0.1) is 6.42 Å². The van der Waals surface area contributed by atoms with E-state index in [9.17, 15) is 0 Å². The van der Waals surface area contributed by atoms with E-state index in [0.717, 1.165) is 5.75 Å². The molecule has 74 valence electrons. The summed E-state index contributed by atoms with van der Waals surface area (Å²) in [6.45, 7) is 6.80. The maximum absolute atomic E-state index is 5.48. The average molecular weight is 188 g/mol. The minimum atomic E-state index is 0.0885. The molecule has 0 atom stereocenters. The highest BCUT2D eigenvalue weighted by Crippen LogP contribution is 2.30. The molecule has 14 heavy (non-hydrogen) atoms. The fourth-order valence-corrected chi connectivity index (χ4v) is 1.33. The lowest BCUT2D eigenvalue weighted by Gasteiger charge is -2.22. The van der Waals surface area contributed by atoms with E-state index in [4.69, 9.17) is 11.2 Å². The lowest BCUT2D eigenvalue weighted by atomic mass is 9.86. The summed E-state index contributed by atoms with van der Waals surface area (Å²) in [6.07, 6.45) is 5.16. The Kier molecular flexibility index (Phi) is 3.19. The van der Waals surface area contributed by atoms with Gasteiger partial charge in [0, 0.05) is 0 Å². The van der Waals surface area contributed by atoms with Crippen LogP contribution < -0.4 is 4.74 Å². The molecule has 0 spiro atoms. The molecule has 0 aliphatic heterocycles. The number of terminal acetylenes is 1. The normalized spacial score (nSPS) is 10.7. The van der Waals surface area contributed by atoms with Crippen molar-refractivity contribution in [2.45, 2.75) is 26.2 Å². The molecule has 1 heteroatoms. The minimum absolute atomic E-state index is 0.0885. The van der Waals surface area contributed by atoms with Crippen molar-refractivity contribution in [3.05, 3.63) is 29.8 Å². The van der Waals surface area contributed by atoms with E-state index < -0.39 is 0 Å². The first-order valence-corrected chi connectivity index (χ1v) is 4.71. The molecule has 0 unspecified atom stereocenters. The lowest BCUT2D eigenvalue weighted by molar-refractivity contribution is 0.357. The van der Waals surface area contributed by atoms with Gasteiger partial charge in [-0.05, 0) is 17.0 Å². The predicted molar refractivity (Wildman–Crippen MR) is 59.5 cm³/mol. The van der Waals surface area contributed by atoms with Crippen molar-refractivity contribution in [2.24, 2.45) is 0 Å². The Balaban J connectivity index is 2.99. The van der Waals surface area contributed by atoms with E-state index in [1.165, 1.54) is 5.56 Å². The summed E-state index contributed by atoms with van der Waals surface area (Å²) in [6, 6.07) is 8.01. The van der Waals surface area contributed by atoms with Crippen LogP contribution in [-0.4, -0.2) is 6.61 Å². The second kappa shape index (κ2) is 4.19. The minimum Gasteiger partial charge on any atom is -0.481 e. The van der Waals surface area contributed by atoms with Crippen molar-refractivity contribution in [3.8, 4) is 18.1 Å². The summed E-state index contributed by atoms with van der Waals surface area (Å²) in [7, 11) is 0. The van der Waals surface area contributed by atoms with Crippen LogP contribution in [0.3, 0.4) is 0 Å². The number of para-hydroxylation sites is 1. The Morgan fingerprint density at radius 2 is 1.93 bits per heavy atom. The van der Waals surface area contributed by atoms with Crippen molar-refractivity contribution >= 4 is 0 Å². The molecule has 0 radical (unpaired) electrons. The van der Waals surface area contributed by atoms with Crippen LogP contribution in [0.15, 0.2) is 24.3 Å². The van der Waals surface area contributed by atoms with Crippen LogP contribution in [0.5, 0.6) is 5.75 Å². The zero-order valence-electron chi connectivity index (χ0n) is 9.00. The molecule has 0 fully saturated rings. The van der Waals surface area contributed by atoms with Gasteiger partial charge in [-0.25, -0.2) is 0 Å². The maximum atomic E-state index is 5.48. The largest absolute Gasteiger partial charge is 0.481 e. The molecule has 0 aromatic heterocycles. The summed E-state index contributed by atoms with van der Waals surface area (Å²) in [5.41, 5.74) is 1.28. The van der Waals surface area contributed by atoms with Gasteiger partial charge in [0.25, 0.3) is 0 Å². The summed E-state index contributed by atoms with van der Waals surface area (Å²) < 4.78 is 5.48. The molecule has 0 heterocycles. The van der Waals surface area contributed by atoms with E-state index in [1.807, 2.05) is 18.2 Å². The van der Waals surface area contributed by atoms with Gasteiger partial charge in [-0.1, -0.05) is 44.9 Å². The standard InChI is InChI=1S/C13H16O/c1-5-10-14-12-9-7-6-8-11(12)13(2,3)4/h1,6-9H,10H2,2-4H3. The second-order valence-electron chi connectivity index (χ2n) is 4.24. The van der Waals surface area contributed by atoms with Crippen LogP contribution in [0.1, 0.15) is 26.3 Å². The summed E-state index contributed by atoms with van der Waals surface area (Å²) in [5, 5.41) is 0. The molecule has 0 amide bonds. The molecule has 1 aromatic rings. The first-order valence-electron chi connectivity index (χ1n) is 4.71. The molecule has 1 rings (SSSR count). The van der Waals surface area contributed by atoms with Gasteiger partial charge in [0.05, 0.1) is 0 Å². The van der Waals surface area contributed by atoms with Crippen molar-refractivity contribution in [3.63, 3.8) is 0 Å². The Labute approximate surface area is 86.1 Å². The van der Waals surface area contributed by atoms with Gasteiger partial charge >= 0.3 is 0 Å². The van der Waals surface area contributed by atoms with Crippen LogP contribution in [0.4, 0.5) is 0 Å². The molecule has 0 aliphatic rings. The molecule has 0 saturated carbocycles. The Bertz CT molecular complexity index is 339. The summed E-state index contributed by atoms with van der Waals surface area (Å²) >= 11 is 0. The molecule has 1 nitrogen and oxygen atoms in total. The van der Waals surface area contributed by atoms with Gasteiger partial charge in [0.2, 0.25) is 0 Å². The highest BCUT2D eigenvalue weighted by Gasteiger charge is 2.17. The number of ether oxygens (including phenoxy) is 1. The zero-order chi connectivity index (χ0) is 10.6. The van der Waals surface area contributed by atoms with Gasteiger partial charge in [-0.3, -0.25) is 0 Å². The first kappa shape index (κ1) is 10.7. The van der Waals surface area contributed by atoms with Gasteiger partial charge in [-0.2, -0.15) is 0 Å². The summed E-state index contributed by atoms with van der Waals surface area (Å²) in [5.74, 6) is 3.36. The number of hydrogen-bond acceptors (Lipinski definition) is 1. The molecule has 0 N–H and O–H groups in total. The highest BCUT2D eigenvalue weighted by molar-refractivity contribution is 5.38. The molecule has 0 aliphatic carbocycles. The predicted octanol–water partition coefficient (Wildman–Crippen LogP) is 3.00. The van der Waals surface area contributed by atoms with Gasteiger partial charge in [0.1, 0.15) is 12.4 Å². The maximum Gasteiger partial charge on any atom is 0.148 e. The van der Waals surface area contributed by atoms with E-state index in [1.54, 1.807) is 0 Å². The zero-order valence-corrected chi connectivity index (χ0v) is 9.00. The molecule has 0 saturated heterocycles.